The number of allylic oxidation sites excluding steroid dienone is 2. The van der Waals surface area contributed by atoms with Gasteiger partial charge in [-0.3, -0.25) is 0 Å². The first-order valence-corrected chi connectivity index (χ1v) is 8.88. The molecule has 0 radical (unpaired) electrons. The largest absolute Gasteiger partial charge is 0.658 e. The van der Waals surface area contributed by atoms with E-state index in [2.05, 4.69) is 17.0 Å². The van der Waals surface area contributed by atoms with E-state index < -0.39 is 9.84 Å². The summed E-state index contributed by atoms with van der Waals surface area (Å²) in [6, 6.07) is 1.94. The maximum atomic E-state index is 12.3. The van der Waals surface area contributed by atoms with Crippen LogP contribution in [0.3, 0.4) is 0 Å². The third kappa shape index (κ3) is 2.74. The fourth-order valence-corrected chi connectivity index (χ4v) is 3.72. The summed E-state index contributed by atoms with van der Waals surface area (Å²) in [6.45, 7) is 7.56. The van der Waals surface area contributed by atoms with Crippen LogP contribution in [0.25, 0.3) is 22.2 Å². The third-order valence-electron chi connectivity index (χ3n) is 3.78. The molecular weight excluding hydrogens is 328 g/mol. The first kappa shape index (κ1) is 17.9. The van der Waals surface area contributed by atoms with Gasteiger partial charge in [-0.1, -0.05) is 18.0 Å². The molecule has 3 rings (SSSR count). The molecule has 2 aromatic heterocycles. The summed E-state index contributed by atoms with van der Waals surface area (Å²) in [5, 5.41) is 4.28. The van der Waals surface area contributed by atoms with Crippen molar-refractivity contribution in [1.82, 2.24) is 4.98 Å². The van der Waals surface area contributed by atoms with Crippen LogP contribution in [-0.4, -0.2) is 19.6 Å². The van der Waals surface area contributed by atoms with Gasteiger partial charge in [-0.05, 0) is 30.3 Å². The number of fused-ring (bicyclic) bond motifs is 1. The van der Waals surface area contributed by atoms with Gasteiger partial charge in [-0.2, -0.15) is 6.20 Å². The maximum Gasteiger partial charge on any atom is 0.275 e. The molecule has 8 heteroatoms. The Balaban J connectivity index is 0.00000208. The summed E-state index contributed by atoms with van der Waals surface area (Å²) in [7, 11) is -1.56. The van der Waals surface area contributed by atoms with Crippen LogP contribution in [0.1, 0.15) is 12.5 Å². The number of rotatable bonds is 2. The molecule has 0 saturated carbocycles. The van der Waals surface area contributed by atoms with E-state index in [9.17, 15) is 8.42 Å². The average molecular weight is 348 g/mol. The smallest absolute Gasteiger partial charge is 0.275 e. The van der Waals surface area contributed by atoms with Crippen LogP contribution >= 0.6 is 0 Å². The van der Waals surface area contributed by atoms with Gasteiger partial charge in [-0.15, -0.1) is 0 Å². The van der Waals surface area contributed by atoms with E-state index in [0.717, 1.165) is 16.7 Å². The van der Waals surface area contributed by atoms with Crippen LogP contribution < -0.4 is 19.3 Å². The number of hydrogen-bond acceptors (Lipinski definition) is 2. The molecule has 0 unspecified atom stereocenters. The SMILES string of the molecule is C=[n+]1cc(C)cc2[n-]c(=C3[N-]C=CC=C3S(=O)(=O)CC)[n+](C)c21.O. The fourth-order valence-electron chi connectivity index (χ4n) is 2.68. The lowest BCUT2D eigenvalue weighted by atomic mass is 10.3. The Morgan fingerprint density at radius 3 is 2.71 bits per heavy atom. The van der Waals surface area contributed by atoms with Gasteiger partial charge in [0, 0.05) is 6.72 Å². The molecule has 0 saturated heterocycles. The minimum atomic E-state index is -3.39. The van der Waals surface area contributed by atoms with Crippen molar-refractivity contribution in [1.29, 1.82) is 0 Å². The number of pyridine rings is 1. The number of aromatic nitrogens is 3. The molecule has 0 aliphatic carbocycles. The Hall–Kier alpha value is -2.45. The molecule has 7 nitrogen and oxygen atoms in total. The van der Waals surface area contributed by atoms with E-state index in [4.69, 9.17) is 0 Å². The molecule has 0 fully saturated rings. The Morgan fingerprint density at radius 2 is 2.04 bits per heavy atom. The Kier molecular flexibility index (Phi) is 4.63. The second kappa shape index (κ2) is 6.21. The van der Waals surface area contributed by atoms with Crippen molar-refractivity contribution in [3.8, 4) is 0 Å². The zero-order valence-electron chi connectivity index (χ0n) is 13.8. The van der Waals surface area contributed by atoms with Crippen molar-refractivity contribution in [2.75, 3.05) is 5.75 Å². The molecule has 128 valence electrons. The van der Waals surface area contributed by atoms with E-state index in [1.165, 1.54) is 0 Å². The molecule has 3 heterocycles. The second-order valence-corrected chi connectivity index (χ2v) is 7.69. The van der Waals surface area contributed by atoms with E-state index in [1.807, 2.05) is 30.8 Å². The summed E-state index contributed by atoms with van der Waals surface area (Å²) in [5.41, 5.74) is 3.46. The van der Waals surface area contributed by atoms with Gasteiger partial charge in [0.1, 0.15) is 0 Å². The highest BCUT2D eigenvalue weighted by molar-refractivity contribution is 7.95. The van der Waals surface area contributed by atoms with E-state index in [0.29, 0.717) is 11.2 Å². The molecule has 2 N–H and O–H groups in total. The molecule has 1 aliphatic rings. The predicted octanol–water partition coefficient (Wildman–Crippen LogP) is -0.640. The van der Waals surface area contributed by atoms with Crippen LogP contribution in [0.4, 0.5) is 0 Å². The van der Waals surface area contributed by atoms with Crippen molar-refractivity contribution in [2.24, 2.45) is 7.05 Å². The van der Waals surface area contributed by atoms with Gasteiger partial charge in [-0.25, -0.2) is 17.2 Å². The number of nitrogens with zero attached hydrogens (tertiary/aromatic N) is 4. The van der Waals surface area contributed by atoms with Gasteiger partial charge in [0.2, 0.25) is 11.0 Å². The van der Waals surface area contributed by atoms with E-state index >= 15 is 0 Å². The van der Waals surface area contributed by atoms with Crippen molar-refractivity contribution >= 4 is 26.7 Å². The molecule has 2 aromatic rings. The number of aryl methyl sites for hydroxylation is 2. The van der Waals surface area contributed by atoms with Gasteiger partial charge in [0.25, 0.3) is 5.65 Å². The fraction of sp³-hybridized carbons (Fsp3) is 0.250. The summed E-state index contributed by atoms with van der Waals surface area (Å²) in [6.07, 6.45) is 6.67. The highest BCUT2D eigenvalue weighted by Crippen LogP contribution is 2.26. The first-order chi connectivity index (χ1) is 10.8. The van der Waals surface area contributed by atoms with Crippen molar-refractivity contribution < 1.29 is 22.7 Å². The maximum absolute atomic E-state index is 12.3. The van der Waals surface area contributed by atoms with Crippen molar-refractivity contribution in [3.63, 3.8) is 0 Å². The number of imidazole rings is 1. The van der Waals surface area contributed by atoms with Crippen LogP contribution in [0.15, 0.2) is 35.5 Å². The highest BCUT2D eigenvalue weighted by Gasteiger charge is 2.21. The van der Waals surface area contributed by atoms with Crippen molar-refractivity contribution in [2.45, 2.75) is 13.8 Å². The summed E-state index contributed by atoms with van der Waals surface area (Å²) in [4.78, 5) is 4.79. The van der Waals surface area contributed by atoms with Crippen LogP contribution in [-0.2, 0) is 16.9 Å². The summed E-state index contributed by atoms with van der Waals surface area (Å²) >= 11 is 0. The van der Waals surface area contributed by atoms with Gasteiger partial charge in [0.05, 0.1) is 23.9 Å². The molecule has 0 aromatic carbocycles. The lowest BCUT2D eigenvalue weighted by molar-refractivity contribution is -0.709. The molecule has 0 bridgehead atoms. The molecule has 0 atom stereocenters. The standard InChI is InChI=1S/C16H18N4O2S.H2O/c1-5-23(21,22)13-7-6-8-17-14(13)15-18-12-9-11(2)10-19(3)16(12)20(15)4;/h6-10H,3,5H2,1-2,4H3;1H2. The van der Waals surface area contributed by atoms with Crippen LogP contribution in [0.5, 0.6) is 0 Å². The molecule has 0 amide bonds. The van der Waals surface area contributed by atoms with Gasteiger partial charge < -0.3 is 10.8 Å². The lowest BCUT2D eigenvalue weighted by Crippen LogP contribution is -2.50. The van der Waals surface area contributed by atoms with Gasteiger partial charge >= 0.3 is 0 Å². The minimum absolute atomic E-state index is 0. The molecule has 0 spiro atoms. The topological polar surface area (TPSA) is 104 Å². The van der Waals surface area contributed by atoms with E-state index in [-0.39, 0.29) is 16.1 Å². The zero-order chi connectivity index (χ0) is 16.8. The van der Waals surface area contributed by atoms with E-state index in [1.54, 1.807) is 29.5 Å². The molecule has 1 aliphatic heterocycles. The average Bonchev–Trinajstić information content (AvgIpc) is 2.84. The van der Waals surface area contributed by atoms with Crippen LogP contribution in [0.2, 0.25) is 0 Å². The van der Waals surface area contributed by atoms with Crippen molar-refractivity contribution in [3.05, 3.63) is 58.6 Å². The normalized spacial score (nSPS) is 16.5. The zero-order valence-corrected chi connectivity index (χ0v) is 14.6. The predicted molar refractivity (Wildman–Crippen MR) is 90.8 cm³/mol. The summed E-state index contributed by atoms with van der Waals surface area (Å²) in [5.74, 6) is 0.0179. The Bertz CT molecular complexity index is 1080. The van der Waals surface area contributed by atoms with Gasteiger partial charge in [0.15, 0.2) is 9.84 Å². The lowest BCUT2D eigenvalue weighted by Gasteiger charge is -2.24. The second-order valence-electron chi connectivity index (χ2n) is 5.44. The number of sulfone groups is 1. The Labute approximate surface area is 140 Å². The van der Waals surface area contributed by atoms with Crippen LogP contribution in [0, 0.1) is 13.6 Å². The Morgan fingerprint density at radius 1 is 1.33 bits per heavy atom. The summed E-state index contributed by atoms with van der Waals surface area (Å²) < 4.78 is 28.2. The molecular formula is C16H20N4O3S. The number of hydrogen-bond donors (Lipinski definition) is 0. The quantitative estimate of drug-likeness (QED) is 0.674. The third-order valence-corrected chi connectivity index (χ3v) is 5.54. The highest BCUT2D eigenvalue weighted by atomic mass is 32.2. The molecule has 24 heavy (non-hydrogen) atoms. The minimum Gasteiger partial charge on any atom is -0.658 e. The first-order valence-electron chi connectivity index (χ1n) is 7.23. The monoisotopic (exact) mass is 348 g/mol.